The normalized spacial score (nSPS) is 14.7. The van der Waals surface area contributed by atoms with Crippen molar-refractivity contribution in [3.05, 3.63) is 136 Å². The van der Waals surface area contributed by atoms with Crippen LogP contribution < -0.4 is 39.6 Å². The molecule has 0 aromatic heterocycles. The van der Waals surface area contributed by atoms with E-state index in [9.17, 15) is 51.5 Å². The SMILES string of the molecule is CCOC(=O)CC1Sc2ccccc2N(CCCCCB(O)O)C1=O.COc1ccc2c(c1)SCC(=O)N2CCCCCB(O)O.Cc1ccc2c(c1)SCC(=O)N2CCCCCB(O)O.O=C(CCCCCN1C(=O)CSc2cc(Cl)ccc21)NO.O=C1CSc2cc(Br)ccc2N1CCCCCB(O)O.O=C1CSc2ccc(C(F)(F)F)cc2N1CCCCCB(O)O. The molecule has 6 aliphatic heterocycles. The number of halogens is 5. The van der Waals surface area contributed by atoms with Gasteiger partial charge < -0.3 is 89.1 Å². The summed E-state index contributed by atoms with van der Waals surface area (Å²) in [6.45, 7) is 7.69. The Bertz CT molecular complexity index is 4550. The molecular weight excluding hydrogens is 1890 g/mol. The Hall–Kier alpha value is -6.58. The molecule has 0 saturated carbocycles. The zero-order chi connectivity index (χ0) is 94.8. The summed E-state index contributed by atoms with van der Waals surface area (Å²) < 4.78 is 49.8. The molecule has 130 heavy (non-hydrogen) atoms. The number of para-hydroxylation sites is 1. The lowest BCUT2D eigenvalue weighted by Crippen LogP contribution is -2.42. The number of methoxy groups -OCH3 is 1. The first-order valence-electron chi connectivity index (χ1n) is 43.4. The number of hydrogen-bond acceptors (Lipinski definition) is 27. The fourth-order valence-electron chi connectivity index (χ4n) is 14.2. The molecule has 6 heterocycles. The molecule has 1 unspecified atom stereocenters. The second-order valence-electron chi connectivity index (χ2n) is 30.9. The minimum atomic E-state index is -4.44. The largest absolute Gasteiger partial charge is 0.497 e. The van der Waals surface area contributed by atoms with E-state index in [1.807, 2.05) is 99.6 Å². The highest BCUT2D eigenvalue weighted by Crippen LogP contribution is 2.45. The van der Waals surface area contributed by atoms with E-state index in [-0.39, 0.29) is 65.8 Å². The first-order chi connectivity index (χ1) is 62.2. The molecule has 0 spiro atoms. The number of carbonyl (C=O) groups is 8. The molecule has 6 aromatic carbocycles. The number of hydroxylamine groups is 1. The highest BCUT2D eigenvalue weighted by Gasteiger charge is 2.37. The van der Waals surface area contributed by atoms with Gasteiger partial charge in [-0.15, -0.1) is 70.6 Å². The number of unbranched alkanes of at least 4 members (excludes halogenated alkanes) is 12. The number of amides is 7. The van der Waals surface area contributed by atoms with Gasteiger partial charge in [0.1, 0.15) is 5.75 Å². The van der Waals surface area contributed by atoms with Gasteiger partial charge in [-0.2, -0.15) is 13.2 Å². The Morgan fingerprint density at radius 3 is 1.25 bits per heavy atom. The number of benzene rings is 6. The summed E-state index contributed by atoms with van der Waals surface area (Å²) in [4.78, 5) is 112. The molecule has 0 aliphatic carbocycles. The van der Waals surface area contributed by atoms with Crippen LogP contribution in [-0.4, -0.2) is 225 Å². The van der Waals surface area contributed by atoms with E-state index in [0.717, 1.165) is 154 Å². The van der Waals surface area contributed by atoms with Crippen LogP contribution in [-0.2, 0) is 49.3 Å². The second kappa shape index (κ2) is 58.7. The predicted molar refractivity (Wildman–Crippen MR) is 519 cm³/mol. The van der Waals surface area contributed by atoms with Gasteiger partial charge in [-0.25, -0.2) is 5.48 Å². The molecule has 0 radical (unpaired) electrons. The molecular formula is C86H115B5BrClF3N7O21S6. The molecule has 7 amide bonds. The van der Waals surface area contributed by atoms with Gasteiger partial charge in [0.05, 0.1) is 93.8 Å². The van der Waals surface area contributed by atoms with Gasteiger partial charge in [0.15, 0.2) is 0 Å². The first kappa shape index (κ1) is 110. The van der Waals surface area contributed by atoms with Crippen LogP contribution in [0.25, 0.3) is 0 Å². The van der Waals surface area contributed by atoms with E-state index in [1.165, 1.54) is 56.7 Å². The minimum Gasteiger partial charge on any atom is -0.497 e. The van der Waals surface area contributed by atoms with E-state index in [0.29, 0.717) is 148 Å². The second-order valence-corrected chi connectivity index (χ2v) is 38.6. The molecule has 28 nitrogen and oxygen atoms in total. The predicted octanol–water partition coefficient (Wildman–Crippen LogP) is 14.1. The maximum Gasteiger partial charge on any atom is 0.451 e. The lowest BCUT2D eigenvalue weighted by molar-refractivity contribution is -0.144. The van der Waals surface area contributed by atoms with Crippen molar-refractivity contribution in [3.8, 4) is 5.75 Å². The van der Waals surface area contributed by atoms with Crippen molar-refractivity contribution >= 4 is 215 Å². The van der Waals surface area contributed by atoms with Crippen molar-refractivity contribution in [2.24, 2.45) is 0 Å². The Balaban J connectivity index is 0.000000214. The summed E-state index contributed by atoms with van der Waals surface area (Å²) in [5.41, 5.74) is 7.09. The van der Waals surface area contributed by atoms with Crippen molar-refractivity contribution < 1.29 is 116 Å². The van der Waals surface area contributed by atoms with Crippen LogP contribution >= 0.6 is 98.1 Å². The molecule has 0 bridgehead atoms. The van der Waals surface area contributed by atoms with Crippen LogP contribution in [0.15, 0.2) is 149 Å². The topological polar surface area (TPSA) is 409 Å². The fourth-order valence-corrected chi connectivity index (χ4v) is 21.1. The monoisotopic (exact) mass is 2000 g/mol. The van der Waals surface area contributed by atoms with Gasteiger partial charge in [-0.05, 0) is 193 Å². The van der Waals surface area contributed by atoms with Gasteiger partial charge in [-0.3, -0.25) is 43.6 Å². The van der Waals surface area contributed by atoms with E-state index in [1.54, 1.807) is 70.7 Å². The smallest absolute Gasteiger partial charge is 0.451 e. The Labute approximate surface area is 798 Å². The summed E-state index contributed by atoms with van der Waals surface area (Å²) in [6, 6.07) is 34.6. The molecule has 0 fully saturated rings. The molecule has 12 rings (SSSR count). The number of hydrogen-bond donors (Lipinski definition) is 12. The van der Waals surface area contributed by atoms with Crippen molar-refractivity contribution in [3.63, 3.8) is 0 Å². The van der Waals surface area contributed by atoms with Crippen LogP contribution in [0.3, 0.4) is 0 Å². The quantitative estimate of drug-likeness (QED) is 0.00559. The zero-order valence-electron chi connectivity index (χ0n) is 73.1. The summed E-state index contributed by atoms with van der Waals surface area (Å²) in [7, 11) is -4.66. The van der Waals surface area contributed by atoms with Crippen LogP contribution in [0.1, 0.15) is 146 Å². The van der Waals surface area contributed by atoms with Crippen LogP contribution in [0.2, 0.25) is 36.6 Å². The minimum absolute atomic E-state index is 0.0683. The van der Waals surface area contributed by atoms with Gasteiger partial charge in [0.25, 0.3) is 0 Å². The van der Waals surface area contributed by atoms with E-state index in [4.69, 9.17) is 76.5 Å². The molecule has 6 aromatic rings. The number of nitrogens with one attached hydrogen (secondary N) is 1. The Morgan fingerprint density at radius 1 is 0.446 bits per heavy atom. The van der Waals surface area contributed by atoms with Crippen molar-refractivity contribution in [1.29, 1.82) is 0 Å². The number of anilines is 6. The molecule has 0 saturated heterocycles. The number of fused-ring (bicyclic) bond motifs is 6. The fraction of sp³-hybridized carbons (Fsp3) is 0.488. The van der Waals surface area contributed by atoms with Crippen molar-refractivity contribution in [1.82, 2.24) is 5.48 Å². The van der Waals surface area contributed by atoms with E-state index in [2.05, 4.69) is 28.9 Å². The molecule has 6 aliphatic rings. The number of carbonyl (C=O) groups excluding carboxylic acids is 8. The lowest BCUT2D eigenvalue weighted by atomic mass is 9.83. The van der Waals surface area contributed by atoms with E-state index >= 15 is 0 Å². The van der Waals surface area contributed by atoms with Crippen LogP contribution in [0, 0.1) is 6.92 Å². The molecule has 12 N–H and O–H groups in total. The average molecular weight is 2000 g/mol. The average Bonchev–Trinajstić information content (AvgIpc) is 0.779. The standard InChI is InChI=1S/C17H24BNO5S.C14H17BF3NO3S.C14H20BNO4S.C14H20BNO3S.C14H17ClN2O3S.C13H17BBrNO3S/c1-2-24-16(20)12-15-17(21)19(11-7-3-6-10-18(22)23)13-8-4-5-9-14(13)25-15;16-14(17,18)10-4-5-12-11(8-10)19(13(20)9-23-12)7-3-1-2-6-15(21)22;1-20-11-5-6-12-13(9-11)21-10-14(17)16(12)8-4-2-3-7-15(18)19;1-11-5-6-12-13(9-11)20-10-14(17)16(12)8-4-2-3-7-15(18)19;15-10-5-6-11-12(8-10)21-9-14(19)17(11)7-3-1-2-4-13(18)16-20;15-10-4-5-11-12(8-10)20-9-13(17)16(11)7-3-1-2-6-14(18)19/h4-5,8-9,15,22-23H,2-3,6-7,10-12H2,1H3;4-5,8,21-22H,1-3,6-7,9H2;5-6,9,18-19H,2-4,7-8,10H2,1H3;5-6,9,18-19H,2-4,7-8,10H2,1H3;5-6,8,20H,1-4,7,9H2,(H,16,18);4-5,8,18-19H,1-3,6-7,9H2. The third-order valence-corrected chi connectivity index (χ3v) is 28.0. The number of rotatable bonds is 40. The molecule has 1 atom stereocenters. The van der Waals surface area contributed by atoms with E-state index < -0.39 is 52.6 Å². The lowest BCUT2D eigenvalue weighted by Gasteiger charge is -2.33. The van der Waals surface area contributed by atoms with Crippen LogP contribution in [0.5, 0.6) is 5.75 Å². The number of alkyl halides is 3. The molecule has 706 valence electrons. The number of nitrogens with zero attached hydrogens (tertiary/aromatic N) is 6. The maximum absolute atomic E-state index is 12.9. The number of ether oxygens (including phenoxy) is 2. The summed E-state index contributed by atoms with van der Waals surface area (Å²) in [5.74, 6) is 2.41. The van der Waals surface area contributed by atoms with Gasteiger partial charge in [0, 0.05) is 84.6 Å². The zero-order valence-corrected chi connectivity index (χ0v) is 80.4. The number of aryl methyl sites for hydroxylation is 1. The third-order valence-electron chi connectivity index (χ3n) is 20.9. The maximum atomic E-state index is 12.9. The van der Waals surface area contributed by atoms with Crippen molar-refractivity contribution in [2.45, 2.75) is 215 Å². The molecule has 44 heteroatoms. The summed E-state index contributed by atoms with van der Waals surface area (Å²) in [6.07, 6.45) is 11.7. The third kappa shape index (κ3) is 37.9. The summed E-state index contributed by atoms with van der Waals surface area (Å²) in [5, 5.41) is 96.6. The van der Waals surface area contributed by atoms with Gasteiger partial charge in [-0.1, -0.05) is 116 Å². The Morgan fingerprint density at radius 2 is 0.823 bits per heavy atom. The number of esters is 1. The van der Waals surface area contributed by atoms with Gasteiger partial charge in [0.2, 0.25) is 41.4 Å². The Kier molecular flexibility index (Phi) is 49.8. The van der Waals surface area contributed by atoms with Gasteiger partial charge >= 0.3 is 47.7 Å². The summed E-state index contributed by atoms with van der Waals surface area (Å²) >= 11 is 18.3. The van der Waals surface area contributed by atoms with Crippen LogP contribution in [0.4, 0.5) is 47.3 Å². The first-order valence-corrected chi connectivity index (χ1v) is 50.4. The number of thioether (sulfide) groups is 6. The highest BCUT2D eigenvalue weighted by molar-refractivity contribution is 9.10. The van der Waals surface area contributed by atoms with Crippen molar-refractivity contribution in [2.75, 3.05) is 111 Å². The highest BCUT2D eigenvalue weighted by atomic mass is 79.9.